The van der Waals surface area contributed by atoms with E-state index in [1.807, 2.05) is 6.92 Å². The van der Waals surface area contributed by atoms with Crippen LogP contribution in [0, 0.1) is 18.8 Å². The molecule has 0 bridgehead atoms. The first kappa shape index (κ1) is 14.7. The zero-order chi connectivity index (χ0) is 14.4. The zero-order valence-corrected chi connectivity index (χ0v) is 10.9. The van der Waals surface area contributed by atoms with E-state index in [0.717, 1.165) is 5.56 Å². The topological polar surface area (TPSA) is 92.4 Å². The number of hydrogen-bond acceptors (Lipinski definition) is 3. The average molecular weight is 260 g/mol. The van der Waals surface area contributed by atoms with Gasteiger partial charge >= 0.3 is 0 Å². The van der Waals surface area contributed by atoms with E-state index in [2.05, 4.69) is 17.2 Å². The maximum Gasteiger partial charge on any atom is 0.251 e. The third kappa shape index (κ3) is 4.12. The normalized spacial score (nSPS) is 11.1. The molecule has 1 rings (SSSR count). The molecule has 0 aliphatic heterocycles. The Morgan fingerprint density at radius 3 is 2.74 bits per heavy atom. The van der Waals surface area contributed by atoms with E-state index in [1.54, 1.807) is 18.2 Å². The number of carbonyl (C=O) groups excluding carboxylic acids is 2. The van der Waals surface area contributed by atoms with Crippen LogP contribution in [0.25, 0.3) is 0 Å². The van der Waals surface area contributed by atoms with E-state index in [0.29, 0.717) is 11.1 Å². The monoisotopic (exact) mass is 260 g/mol. The number of rotatable bonds is 3. The van der Waals surface area contributed by atoms with Crippen molar-refractivity contribution in [1.29, 1.82) is 0 Å². The molecule has 0 aliphatic rings. The molecule has 5 nitrogen and oxygen atoms in total. The number of amides is 2. The molecule has 1 aromatic carbocycles. The molecule has 0 saturated carbocycles. The smallest absolute Gasteiger partial charge is 0.251 e. The number of primary amides is 1. The fourth-order valence-corrected chi connectivity index (χ4v) is 1.38. The first-order valence-electron chi connectivity index (χ1n) is 5.76. The highest BCUT2D eigenvalue weighted by atomic mass is 16.2. The molecule has 0 heterocycles. The summed E-state index contributed by atoms with van der Waals surface area (Å²) in [6.45, 7) is 3.13. The van der Waals surface area contributed by atoms with Crippen LogP contribution < -0.4 is 11.1 Å². The van der Waals surface area contributed by atoms with Gasteiger partial charge < -0.3 is 16.2 Å². The summed E-state index contributed by atoms with van der Waals surface area (Å²) in [5.41, 5.74) is 7.03. The van der Waals surface area contributed by atoms with Crippen LogP contribution in [0.2, 0.25) is 0 Å². The minimum absolute atomic E-state index is 0.241. The average Bonchev–Trinajstić information content (AvgIpc) is 2.37. The van der Waals surface area contributed by atoms with Crippen molar-refractivity contribution in [3.8, 4) is 11.8 Å². The lowest BCUT2D eigenvalue weighted by atomic mass is 10.0. The second-order valence-electron chi connectivity index (χ2n) is 4.09. The number of aliphatic hydroxyl groups excluding tert-OH is 1. The van der Waals surface area contributed by atoms with Gasteiger partial charge in [0.1, 0.15) is 12.6 Å². The molecule has 0 fully saturated rings. The third-order valence-electron chi connectivity index (χ3n) is 2.58. The van der Waals surface area contributed by atoms with Gasteiger partial charge in [-0.1, -0.05) is 17.9 Å². The van der Waals surface area contributed by atoms with Crippen LogP contribution in [0.1, 0.15) is 28.4 Å². The number of nitrogens with one attached hydrogen (secondary N) is 1. The second kappa shape index (κ2) is 6.57. The number of aliphatic hydroxyl groups is 1. The molecule has 0 aromatic heterocycles. The van der Waals surface area contributed by atoms with Crippen molar-refractivity contribution < 1.29 is 14.7 Å². The van der Waals surface area contributed by atoms with Crippen molar-refractivity contribution in [3.63, 3.8) is 0 Å². The van der Waals surface area contributed by atoms with Crippen LogP contribution in [0.3, 0.4) is 0 Å². The van der Waals surface area contributed by atoms with Gasteiger partial charge in [0, 0.05) is 11.1 Å². The number of carbonyl (C=O) groups is 2. The fourth-order valence-electron chi connectivity index (χ4n) is 1.38. The van der Waals surface area contributed by atoms with E-state index < -0.39 is 17.9 Å². The van der Waals surface area contributed by atoms with Gasteiger partial charge in [0.05, 0.1) is 0 Å². The summed E-state index contributed by atoms with van der Waals surface area (Å²) < 4.78 is 0. The molecule has 1 aromatic rings. The van der Waals surface area contributed by atoms with E-state index in [1.165, 1.54) is 6.92 Å². The Morgan fingerprint density at radius 1 is 1.47 bits per heavy atom. The number of nitrogens with two attached hydrogens (primary N) is 1. The predicted octanol–water partition coefficient (Wildman–Crippen LogP) is -0.0576. The Hall–Kier alpha value is -2.32. The predicted molar refractivity (Wildman–Crippen MR) is 71.3 cm³/mol. The first-order valence-corrected chi connectivity index (χ1v) is 5.76. The molecule has 0 saturated heterocycles. The van der Waals surface area contributed by atoms with Crippen molar-refractivity contribution in [2.45, 2.75) is 19.9 Å². The molecule has 1 unspecified atom stereocenters. The molecule has 19 heavy (non-hydrogen) atoms. The lowest BCUT2D eigenvalue weighted by molar-refractivity contribution is -0.119. The Morgan fingerprint density at radius 2 is 2.16 bits per heavy atom. The van der Waals surface area contributed by atoms with Gasteiger partial charge in [0.15, 0.2) is 0 Å². The van der Waals surface area contributed by atoms with E-state index >= 15 is 0 Å². The van der Waals surface area contributed by atoms with Crippen LogP contribution in [-0.2, 0) is 4.79 Å². The molecule has 0 aliphatic carbocycles. The Bertz CT molecular complexity index is 556. The van der Waals surface area contributed by atoms with Crippen LogP contribution in [0.5, 0.6) is 0 Å². The SMILES string of the molecule is Cc1ccc(C(=O)NC(C)C(N)=O)cc1C#CCO. The number of hydrogen-bond donors (Lipinski definition) is 3. The van der Waals surface area contributed by atoms with Gasteiger partial charge in [-0.3, -0.25) is 9.59 Å². The lowest BCUT2D eigenvalue weighted by Gasteiger charge is -2.10. The van der Waals surface area contributed by atoms with Gasteiger partial charge in [0.2, 0.25) is 5.91 Å². The van der Waals surface area contributed by atoms with Gasteiger partial charge in [-0.2, -0.15) is 0 Å². The molecule has 0 spiro atoms. The largest absolute Gasteiger partial charge is 0.384 e. The third-order valence-corrected chi connectivity index (χ3v) is 2.58. The Labute approximate surface area is 111 Å². The zero-order valence-electron chi connectivity index (χ0n) is 10.9. The highest BCUT2D eigenvalue weighted by molar-refractivity contribution is 5.97. The second-order valence-corrected chi connectivity index (χ2v) is 4.09. The van der Waals surface area contributed by atoms with Crippen LogP contribution in [-0.4, -0.2) is 29.6 Å². The lowest BCUT2D eigenvalue weighted by Crippen LogP contribution is -2.42. The number of aryl methyl sites for hydroxylation is 1. The van der Waals surface area contributed by atoms with Crippen LogP contribution in [0.15, 0.2) is 18.2 Å². The van der Waals surface area contributed by atoms with Gasteiger partial charge in [0.25, 0.3) is 5.91 Å². The van der Waals surface area contributed by atoms with Gasteiger partial charge in [-0.25, -0.2) is 0 Å². The summed E-state index contributed by atoms with van der Waals surface area (Å²) in [7, 11) is 0. The van der Waals surface area contributed by atoms with Gasteiger partial charge in [-0.15, -0.1) is 0 Å². The molecule has 0 radical (unpaired) electrons. The molecule has 100 valence electrons. The van der Waals surface area contributed by atoms with E-state index in [-0.39, 0.29) is 6.61 Å². The van der Waals surface area contributed by atoms with E-state index in [4.69, 9.17) is 10.8 Å². The highest BCUT2D eigenvalue weighted by Crippen LogP contribution is 2.10. The van der Waals surface area contributed by atoms with Crippen molar-refractivity contribution in [2.24, 2.45) is 5.73 Å². The van der Waals surface area contributed by atoms with Crippen molar-refractivity contribution >= 4 is 11.8 Å². The summed E-state index contributed by atoms with van der Waals surface area (Å²) in [6, 6.07) is 4.27. The maximum absolute atomic E-state index is 11.9. The summed E-state index contributed by atoms with van der Waals surface area (Å²) in [5.74, 6) is 4.31. The van der Waals surface area contributed by atoms with Crippen molar-refractivity contribution in [2.75, 3.05) is 6.61 Å². The van der Waals surface area contributed by atoms with Crippen LogP contribution >= 0.6 is 0 Å². The summed E-state index contributed by atoms with van der Waals surface area (Å²) in [4.78, 5) is 22.8. The van der Waals surface area contributed by atoms with Crippen molar-refractivity contribution in [3.05, 3.63) is 34.9 Å². The Balaban J connectivity index is 2.95. The quantitative estimate of drug-likeness (QED) is 0.665. The standard InChI is InChI=1S/C14H16N2O3/c1-9-5-6-12(8-11(9)4-3-7-17)14(19)16-10(2)13(15)18/h5-6,8,10,17H,7H2,1-2H3,(H2,15,18)(H,16,19). The summed E-state index contributed by atoms with van der Waals surface area (Å²) in [6.07, 6.45) is 0. The minimum Gasteiger partial charge on any atom is -0.384 e. The van der Waals surface area contributed by atoms with E-state index in [9.17, 15) is 9.59 Å². The highest BCUT2D eigenvalue weighted by Gasteiger charge is 2.14. The Kier molecular flexibility index (Phi) is 5.10. The maximum atomic E-state index is 11.9. The number of benzene rings is 1. The van der Waals surface area contributed by atoms with Crippen molar-refractivity contribution in [1.82, 2.24) is 5.32 Å². The fraction of sp³-hybridized carbons (Fsp3) is 0.286. The summed E-state index contributed by atoms with van der Waals surface area (Å²) >= 11 is 0. The van der Waals surface area contributed by atoms with Crippen LogP contribution in [0.4, 0.5) is 0 Å². The molecular formula is C14H16N2O3. The summed E-state index contributed by atoms with van der Waals surface area (Å²) in [5, 5.41) is 11.2. The minimum atomic E-state index is -0.735. The van der Waals surface area contributed by atoms with Gasteiger partial charge in [-0.05, 0) is 31.5 Å². The molecule has 1 atom stereocenters. The molecule has 4 N–H and O–H groups in total. The molecule has 5 heteroatoms. The molecule has 2 amide bonds. The first-order chi connectivity index (χ1) is 8.95. The molecular weight excluding hydrogens is 244 g/mol.